The first kappa shape index (κ1) is 39.1. The Bertz CT molecular complexity index is 481. The maximum atomic E-state index is 11.8. The lowest BCUT2D eigenvalue weighted by atomic mass is 10.1. The zero-order chi connectivity index (χ0) is 29.0. The molecule has 0 rings (SSSR count). The van der Waals surface area contributed by atoms with Gasteiger partial charge in [-0.05, 0) is 6.42 Å². The summed E-state index contributed by atoms with van der Waals surface area (Å²) in [6, 6.07) is 0. The third-order valence-corrected chi connectivity index (χ3v) is 5.94. The number of hydrogen-bond donors (Lipinski definition) is 1. The number of hydrogen-bond acceptors (Lipinski definition) is 10. The summed E-state index contributed by atoms with van der Waals surface area (Å²) in [5, 5.41) is 8.57. The number of carbonyl (C=O) groups excluding carboxylic acids is 1. The molecule has 0 aliphatic carbocycles. The van der Waals surface area contributed by atoms with Gasteiger partial charge in [-0.25, -0.2) is 0 Å². The second-order valence-corrected chi connectivity index (χ2v) is 9.52. The van der Waals surface area contributed by atoms with Crippen LogP contribution in [0.3, 0.4) is 0 Å². The first-order chi connectivity index (χ1) is 19.8. The van der Waals surface area contributed by atoms with Crippen LogP contribution in [0.2, 0.25) is 0 Å². The molecule has 0 amide bonds. The molecule has 10 heteroatoms. The van der Waals surface area contributed by atoms with Gasteiger partial charge in [0.15, 0.2) is 0 Å². The minimum atomic E-state index is -0.132. The summed E-state index contributed by atoms with van der Waals surface area (Å²) in [4.78, 5) is 11.8. The summed E-state index contributed by atoms with van der Waals surface area (Å²) in [5.74, 6) is -0.132. The van der Waals surface area contributed by atoms with Crippen LogP contribution in [0.4, 0.5) is 0 Å². The molecule has 0 saturated heterocycles. The highest BCUT2D eigenvalue weighted by molar-refractivity contribution is 5.69. The molecule has 0 bridgehead atoms. The molecule has 0 aliphatic rings. The number of esters is 1. The Morgan fingerprint density at radius 1 is 0.425 bits per heavy atom. The molecule has 0 aliphatic heterocycles. The molecule has 0 spiro atoms. The predicted octanol–water partition coefficient (Wildman–Crippen LogP) is 4.34. The summed E-state index contributed by atoms with van der Waals surface area (Å²) < 4.78 is 42.8. The van der Waals surface area contributed by atoms with Crippen molar-refractivity contribution in [2.75, 3.05) is 106 Å². The van der Waals surface area contributed by atoms with Gasteiger partial charge >= 0.3 is 5.97 Å². The molecular weight excluding hydrogens is 520 g/mol. The first-order valence-corrected chi connectivity index (χ1v) is 15.6. The lowest BCUT2D eigenvalue weighted by Crippen LogP contribution is -2.15. The average Bonchev–Trinajstić information content (AvgIpc) is 2.96. The molecular formula is C30H60O10. The van der Waals surface area contributed by atoms with Crippen molar-refractivity contribution >= 4 is 5.97 Å². The van der Waals surface area contributed by atoms with E-state index in [4.69, 9.17) is 43.0 Å². The van der Waals surface area contributed by atoms with Gasteiger partial charge < -0.3 is 43.0 Å². The number of aliphatic hydroxyl groups is 1. The highest BCUT2D eigenvalue weighted by atomic mass is 16.6. The predicted molar refractivity (Wildman–Crippen MR) is 155 cm³/mol. The van der Waals surface area contributed by atoms with Gasteiger partial charge in [0.25, 0.3) is 0 Å². The van der Waals surface area contributed by atoms with Crippen molar-refractivity contribution in [3.63, 3.8) is 0 Å². The van der Waals surface area contributed by atoms with Crippen molar-refractivity contribution in [3.8, 4) is 0 Å². The molecule has 0 saturated carbocycles. The van der Waals surface area contributed by atoms with Crippen LogP contribution in [0.5, 0.6) is 0 Å². The maximum absolute atomic E-state index is 11.8. The fraction of sp³-hybridized carbons (Fsp3) is 0.967. The number of ether oxygens (including phenoxy) is 8. The van der Waals surface area contributed by atoms with Gasteiger partial charge in [-0.15, -0.1) is 0 Å². The van der Waals surface area contributed by atoms with Gasteiger partial charge in [-0.3, -0.25) is 4.79 Å². The molecule has 1 N–H and O–H groups in total. The summed E-state index contributed by atoms with van der Waals surface area (Å²) in [6.07, 6.45) is 14.5. The Morgan fingerprint density at radius 3 is 1.07 bits per heavy atom. The van der Waals surface area contributed by atoms with Gasteiger partial charge in [0, 0.05) is 6.42 Å². The summed E-state index contributed by atoms with van der Waals surface area (Å²) in [7, 11) is 0. The summed E-state index contributed by atoms with van der Waals surface area (Å²) in [5.41, 5.74) is 0. The normalized spacial score (nSPS) is 11.3. The lowest BCUT2D eigenvalue weighted by Gasteiger charge is -2.08. The fourth-order valence-corrected chi connectivity index (χ4v) is 3.71. The van der Waals surface area contributed by atoms with Crippen molar-refractivity contribution in [1.82, 2.24) is 0 Å². The zero-order valence-electron chi connectivity index (χ0n) is 25.4. The van der Waals surface area contributed by atoms with Gasteiger partial charge in [0.05, 0.1) is 99.1 Å². The molecule has 0 unspecified atom stereocenters. The monoisotopic (exact) mass is 580 g/mol. The van der Waals surface area contributed by atoms with Gasteiger partial charge in [0.2, 0.25) is 0 Å². The highest BCUT2D eigenvalue weighted by Gasteiger charge is 2.03. The van der Waals surface area contributed by atoms with Crippen LogP contribution in [0.15, 0.2) is 0 Å². The van der Waals surface area contributed by atoms with E-state index in [1.54, 1.807) is 0 Å². The van der Waals surface area contributed by atoms with Crippen LogP contribution < -0.4 is 0 Å². The minimum absolute atomic E-state index is 0.0268. The van der Waals surface area contributed by atoms with Gasteiger partial charge in [-0.1, -0.05) is 71.1 Å². The molecule has 0 heterocycles. The van der Waals surface area contributed by atoms with E-state index in [9.17, 15) is 4.79 Å². The van der Waals surface area contributed by atoms with E-state index < -0.39 is 0 Å². The standard InChI is InChI=1S/C30H60O10/c1-2-3-4-5-6-7-8-9-10-11-12-13-30(32)40-29-28-39-27-26-38-25-24-37-23-22-36-21-20-35-19-18-34-17-16-33-15-14-31/h31H,2-29H2,1H3. The topological polar surface area (TPSA) is 111 Å². The third-order valence-electron chi connectivity index (χ3n) is 5.94. The average molecular weight is 581 g/mol. The SMILES string of the molecule is CCCCCCCCCCCCCC(=O)OCCOCCOCCOCCOCCOCCOCCOCCO. The van der Waals surface area contributed by atoms with Crippen LogP contribution in [0.25, 0.3) is 0 Å². The van der Waals surface area contributed by atoms with E-state index in [1.165, 1.54) is 57.8 Å². The molecule has 40 heavy (non-hydrogen) atoms. The van der Waals surface area contributed by atoms with Gasteiger partial charge in [-0.2, -0.15) is 0 Å². The van der Waals surface area contributed by atoms with Crippen molar-refractivity contribution < 1.29 is 47.8 Å². The summed E-state index contributed by atoms with van der Waals surface area (Å²) >= 11 is 0. The van der Waals surface area contributed by atoms with E-state index in [2.05, 4.69) is 6.92 Å². The molecule has 10 nitrogen and oxygen atoms in total. The number of rotatable bonds is 35. The van der Waals surface area contributed by atoms with E-state index in [0.29, 0.717) is 106 Å². The van der Waals surface area contributed by atoms with E-state index in [0.717, 1.165) is 12.8 Å². The van der Waals surface area contributed by atoms with Crippen molar-refractivity contribution in [2.24, 2.45) is 0 Å². The van der Waals surface area contributed by atoms with E-state index >= 15 is 0 Å². The van der Waals surface area contributed by atoms with Crippen LogP contribution in [0.1, 0.15) is 84.0 Å². The van der Waals surface area contributed by atoms with Crippen LogP contribution in [-0.4, -0.2) is 117 Å². The highest BCUT2D eigenvalue weighted by Crippen LogP contribution is 2.12. The molecule has 0 fully saturated rings. The summed E-state index contributed by atoms with van der Waals surface area (Å²) in [6.45, 7) is 9.21. The van der Waals surface area contributed by atoms with Crippen LogP contribution in [-0.2, 0) is 42.7 Å². The van der Waals surface area contributed by atoms with E-state index in [1.807, 2.05) is 0 Å². The fourth-order valence-electron chi connectivity index (χ4n) is 3.71. The van der Waals surface area contributed by atoms with Crippen molar-refractivity contribution in [2.45, 2.75) is 84.0 Å². The Labute approximate surface area is 243 Å². The lowest BCUT2D eigenvalue weighted by molar-refractivity contribution is -0.145. The second-order valence-electron chi connectivity index (χ2n) is 9.52. The van der Waals surface area contributed by atoms with Gasteiger partial charge in [0.1, 0.15) is 6.61 Å². The Balaban J connectivity index is 3.12. The number of aliphatic hydroxyl groups excluding tert-OH is 1. The minimum Gasteiger partial charge on any atom is -0.463 e. The third kappa shape index (κ3) is 35.2. The number of unbranched alkanes of at least 4 members (excludes halogenated alkanes) is 10. The maximum Gasteiger partial charge on any atom is 0.305 e. The Kier molecular flexibility index (Phi) is 35.4. The zero-order valence-corrected chi connectivity index (χ0v) is 25.4. The number of carbonyl (C=O) groups is 1. The molecule has 0 aromatic carbocycles. The smallest absolute Gasteiger partial charge is 0.305 e. The largest absolute Gasteiger partial charge is 0.463 e. The Hall–Kier alpha value is -0.850. The molecule has 0 aromatic heterocycles. The first-order valence-electron chi connectivity index (χ1n) is 15.6. The quantitative estimate of drug-likeness (QED) is 0.0858. The molecule has 240 valence electrons. The second kappa shape index (κ2) is 36.2. The van der Waals surface area contributed by atoms with Crippen LogP contribution in [0, 0.1) is 0 Å². The van der Waals surface area contributed by atoms with Crippen LogP contribution >= 0.6 is 0 Å². The molecule has 0 radical (unpaired) electrons. The Morgan fingerprint density at radius 2 is 0.725 bits per heavy atom. The van der Waals surface area contributed by atoms with E-state index in [-0.39, 0.29) is 12.6 Å². The van der Waals surface area contributed by atoms with Crippen molar-refractivity contribution in [1.29, 1.82) is 0 Å². The molecule has 0 aromatic rings. The molecule has 0 atom stereocenters. The van der Waals surface area contributed by atoms with Crippen molar-refractivity contribution in [3.05, 3.63) is 0 Å².